The van der Waals surface area contributed by atoms with Crippen LogP contribution < -0.4 is 5.73 Å². The van der Waals surface area contributed by atoms with Gasteiger partial charge in [-0.25, -0.2) is 4.98 Å². The molecule has 0 aliphatic heterocycles. The van der Waals surface area contributed by atoms with E-state index >= 15 is 0 Å². The Morgan fingerprint density at radius 3 is 2.75 bits per heavy atom. The SMILES string of the molecule is Cc1nc(CC(C)(O)CN)n[nH]1. The summed E-state index contributed by atoms with van der Waals surface area (Å²) < 4.78 is 0. The van der Waals surface area contributed by atoms with Gasteiger partial charge in [0.2, 0.25) is 0 Å². The summed E-state index contributed by atoms with van der Waals surface area (Å²) in [6, 6.07) is 0. The molecule has 0 fully saturated rings. The molecule has 68 valence electrons. The molecule has 1 aromatic heterocycles. The fraction of sp³-hybridized carbons (Fsp3) is 0.714. The van der Waals surface area contributed by atoms with Crippen molar-refractivity contribution in [1.29, 1.82) is 0 Å². The Labute approximate surface area is 71.0 Å². The maximum Gasteiger partial charge on any atom is 0.153 e. The minimum absolute atomic E-state index is 0.209. The monoisotopic (exact) mass is 170 g/mol. The first kappa shape index (κ1) is 9.15. The summed E-state index contributed by atoms with van der Waals surface area (Å²) in [5.74, 6) is 1.35. The molecule has 0 saturated carbocycles. The number of nitrogens with one attached hydrogen (secondary N) is 1. The summed E-state index contributed by atoms with van der Waals surface area (Å²) in [7, 11) is 0. The summed E-state index contributed by atoms with van der Waals surface area (Å²) in [6.07, 6.45) is 0.383. The van der Waals surface area contributed by atoms with Crippen LogP contribution in [0.25, 0.3) is 0 Å². The number of rotatable bonds is 3. The lowest BCUT2D eigenvalue weighted by Crippen LogP contribution is -2.36. The van der Waals surface area contributed by atoms with Crippen molar-refractivity contribution in [2.75, 3.05) is 6.54 Å². The van der Waals surface area contributed by atoms with E-state index in [1.165, 1.54) is 0 Å². The normalized spacial score (nSPS) is 16.0. The second-order valence-corrected chi connectivity index (χ2v) is 3.21. The highest BCUT2D eigenvalue weighted by Gasteiger charge is 2.20. The van der Waals surface area contributed by atoms with Crippen LogP contribution in [0.3, 0.4) is 0 Å². The van der Waals surface area contributed by atoms with Crippen LogP contribution in [-0.4, -0.2) is 32.4 Å². The molecule has 4 N–H and O–H groups in total. The average Bonchev–Trinajstić information content (AvgIpc) is 2.35. The van der Waals surface area contributed by atoms with Crippen LogP contribution in [0.1, 0.15) is 18.6 Å². The Balaban J connectivity index is 2.63. The van der Waals surface area contributed by atoms with E-state index in [0.29, 0.717) is 12.2 Å². The molecule has 0 saturated heterocycles. The lowest BCUT2D eigenvalue weighted by molar-refractivity contribution is 0.0676. The van der Waals surface area contributed by atoms with Gasteiger partial charge in [0.15, 0.2) is 5.82 Å². The Morgan fingerprint density at radius 1 is 1.67 bits per heavy atom. The fourth-order valence-electron chi connectivity index (χ4n) is 0.881. The van der Waals surface area contributed by atoms with E-state index in [0.717, 1.165) is 5.82 Å². The molecule has 5 heteroatoms. The lowest BCUT2D eigenvalue weighted by atomic mass is 10.0. The number of nitrogens with zero attached hydrogens (tertiary/aromatic N) is 2. The first-order chi connectivity index (χ1) is 5.53. The van der Waals surface area contributed by atoms with Gasteiger partial charge < -0.3 is 10.8 Å². The zero-order valence-corrected chi connectivity index (χ0v) is 7.33. The molecule has 0 aromatic carbocycles. The summed E-state index contributed by atoms with van der Waals surface area (Å²) in [5, 5.41) is 16.2. The van der Waals surface area contributed by atoms with Crippen molar-refractivity contribution in [3.8, 4) is 0 Å². The van der Waals surface area contributed by atoms with E-state index in [2.05, 4.69) is 15.2 Å². The predicted octanol–water partition coefficient (Wildman–Crippen LogP) is -0.635. The number of nitrogens with two attached hydrogens (primary N) is 1. The molecule has 5 nitrogen and oxygen atoms in total. The molecule has 1 rings (SSSR count). The molecule has 1 unspecified atom stereocenters. The number of aromatic nitrogens is 3. The summed E-state index contributed by atoms with van der Waals surface area (Å²) in [4.78, 5) is 4.06. The number of aliphatic hydroxyl groups is 1. The smallest absolute Gasteiger partial charge is 0.153 e. The average molecular weight is 170 g/mol. The first-order valence-corrected chi connectivity index (χ1v) is 3.84. The van der Waals surface area contributed by atoms with Gasteiger partial charge >= 0.3 is 0 Å². The summed E-state index contributed by atoms with van der Waals surface area (Å²) >= 11 is 0. The van der Waals surface area contributed by atoms with Gasteiger partial charge in [0, 0.05) is 13.0 Å². The van der Waals surface area contributed by atoms with Crippen LogP contribution in [-0.2, 0) is 6.42 Å². The van der Waals surface area contributed by atoms with Crippen molar-refractivity contribution in [2.24, 2.45) is 5.73 Å². The van der Waals surface area contributed by atoms with Gasteiger partial charge in [0.05, 0.1) is 5.60 Å². The Kier molecular flexibility index (Phi) is 2.44. The summed E-state index contributed by atoms with van der Waals surface area (Å²) in [5.41, 5.74) is 4.44. The first-order valence-electron chi connectivity index (χ1n) is 3.84. The molecule has 0 amide bonds. The van der Waals surface area contributed by atoms with Crippen molar-refractivity contribution in [1.82, 2.24) is 15.2 Å². The molecule has 0 aliphatic carbocycles. The lowest BCUT2D eigenvalue weighted by Gasteiger charge is -2.18. The predicted molar refractivity (Wildman–Crippen MR) is 44.5 cm³/mol. The third-order valence-corrected chi connectivity index (χ3v) is 1.62. The van der Waals surface area contributed by atoms with Crippen molar-refractivity contribution in [2.45, 2.75) is 25.9 Å². The van der Waals surface area contributed by atoms with E-state index in [1.807, 2.05) is 6.92 Å². The molecule has 0 bridgehead atoms. The molecule has 12 heavy (non-hydrogen) atoms. The molecule has 1 aromatic rings. The highest BCUT2D eigenvalue weighted by Crippen LogP contribution is 2.07. The van der Waals surface area contributed by atoms with E-state index in [1.54, 1.807) is 6.92 Å². The van der Waals surface area contributed by atoms with Crippen molar-refractivity contribution < 1.29 is 5.11 Å². The zero-order valence-electron chi connectivity index (χ0n) is 7.33. The van der Waals surface area contributed by atoms with E-state index in [9.17, 15) is 5.11 Å². The van der Waals surface area contributed by atoms with Gasteiger partial charge in [-0.15, -0.1) is 0 Å². The topological polar surface area (TPSA) is 87.8 Å². The highest BCUT2D eigenvalue weighted by molar-refractivity contribution is 4.94. The maximum absolute atomic E-state index is 9.57. The minimum Gasteiger partial charge on any atom is -0.388 e. The summed E-state index contributed by atoms with van der Waals surface area (Å²) in [6.45, 7) is 3.69. The highest BCUT2D eigenvalue weighted by atomic mass is 16.3. The van der Waals surface area contributed by atoms with Crippen LogP contribution in [0.2, 0.25) is 0 Å². The van der Waals surface area contributed by atoms with E-state index < -0.39 is 5.60 Å². The molecular formula is C7H14N4O. The largest absolute Gasteiger partial charge is 0.388 e. The van der Waals surface area contributed by atoms with E-state index in [-0.39, 0.29) is 6.54 Å². The van der Waals surface area contributed by atoms with Gasteiger partial charge in [0.1, 0.15) is 5.82 Å². The third kappa shape index (κ3) is 2.28. The van der Waals surface area contributed by atoms with Crippen molar-refractivity contribution >= 4 is 0 Å². The van der Waals surface area contributed by atoms with Crippen LogP contribution in [0.4, 0.5) is 0 Å². The number of H-pyrrole nitrogens is 1. The van der Waals surface area contributed by atoms with Gasteiger partial charge in [-0.05, 0) is 13.8 Å². The number of aromatic amines is 1. The second kappa shape index (κ2) is 3.20. The van der Waals surface area contributed by atoms with Crippen LogP contribution in [0.5, 0.6) is 0 Å². The van der Waals surface area contributed by atoms with Crippen molar-refractivity contribution in [3.05, 3.63) is 11.6 Å². The molecule has 0 radical (unpaired) electrons. The minimum atomic E-state index is -0.908. The second-order valence-electron chi connectivity index (χ2n) is 3.21. The van der Waals surface area contributed by atoms with Crippen LogP contribution in [0.15, 0.2) is 0 Å². The Hall–Kier alpha value is -0.940. The maximum atomic E-state index is 9.57. The molecule has 0 aliphatic rings. The van der Waals surface area contributed by atoms with Crippen molar-refractivity contribution in [3.63, 3.8) is 0 Å². The zero-order chi connectivity index (χ0) is 9.19. The molecule has 1 heterocycles. The Bertz CT molecular complexity index is 256. The fourth-order valence-corrected chi connectivity index (χ4v) is 0.881. The molecule has 0 spiro atoms. The Morgan fingerprint density at radius 2 is 2.33 bits per heavy atom. The molecule has 1 atom stereocenters. The van der Waals surface area contributed by atoms with Gasteiger partial charge in [-0.2, -0.15) is 5.10 Å². The number of hydrogen-bond donors (Lipinski definition) is 3. The quantitative estimate of drug-likeness (QED) is 0.563. The standard InChI is InChI=1S/C7H14N4O/c1-5-9-6(11-10-5)3-7(2,12)4-8/h12H,3-4,8H2,1-2H3,(H,9,10,11). The van der Waals surface area contributed by atoms with E-state index in [4.69, 9.17) is 5.73 Å². The van der Waals surface area contributed by atoms with Crippen LogP contribution in [0, 0.1) is 6.92 Å². The van der Waals surface area contributed by atoms with Crippen LogP contribution >= 0.6 is 0 Å². The molecular weight excluding hydrogens is 156 g/mol. The third-order valence-electron chi connectivity index (χ3n) is 1.62. The van der Waals surface area contributed by atoms with Gasteiger partial charge in [-0.3, -0.25) is 5.10 Å². The number of aryl methyl sites for hydroxylation is 1. The van der Waals surface area contributed by atoms with Gasteiger partial charge in [-0.1, -0.05) is 0 Å². The van der Waals surface area contributed by atoms with Gasteiger partial charge in [0.25, 0.3) is 0 Å². The number of hydrogen-bond acceptors (Lipinski definition) is 4.